The van der Waals surface area contributed by atoms with Gasteiger partial charge in [-0.2, -0.15) is 0 Å². The third kappa shape index (κ3) is 2.99. The number of rotatable bonds is 3. The van der Waals surface area contributed by atoms with Crippen LogP contribution in [0.2, 0.25) is 5.02 Å². The Balaban J connectivity index is 2.43. The Morgan fingerprint density at radius 3 is 2.84 bits per heavy atom. The SMILES string of the molecule is CC(C)(CCl)C(=O)Nc1cc(Cl)cc2cccnc12. The zero-order valence-electron chi connectivity index (χ0n) is 10.7. The van der Waals surface area contributed by atoms with Crippen LogP contribution in [-0.4, -0.2) is 16.8 Å². The summed E-state index contributed by atoms with van der Waals surface area (Å²) in [7, 11) is 0. The van der Waals surface area contributed by atoms with Gasteiger partial charge in [0.25, 0.3) is 0 Å². The molecule has 1 aromatic heterocycles. The van der Waals surface area contributed by atoms with Crippen LogP contribution in [0.5, 0.6) is 0 Å². The smallest absolute Gasteiger partial charge is 0.231 e. The lowest BCUT2D eigenvalue weighted by Gasteiger charge is -2.20. The molecule has 0 saturated carbocycles. The van der Waals surface area contributed by atoms with Gasteiger partial charge < -0.3 is 5.32 Å². The largest absolute Gasteiger partial charge is 0.324 e. The van der Waals surface area contributed by atoms with Gasteiger partial charge in [0.1, 0.15) is 0 Å². The maximum atomic E-state index is 12.2. The van der Waals surface area contributed by atoms with E-state index in [4.69, 9.17) is 23.2 Å². The number of carbonyl (C=O) groups is 1. The molecular weight excluding hydrogens is 283 g/mol. The second-order valence-electron chi connectivity index (χ2n) is 5.00. The number of benzene rings is 1. The molecule has 0 spiro atoms. The minimum Gasteiger partial charge on any atom is -0.324 e. The highest BCUT2D eigenvalue weighted by Gasteiger charge is 2.27. The molecule has 0 aliphatic carbocycles. The van der Waals surface area contributed by atoms with E-state index in [1.54, 1.807) is 26.1 Å². The topological polar surface area (TPSA) is 42.0 Å². The lowest BCUT2D eigenvalue weighted by atomic mass is 9.95. The Kier molecular flexibility index (Phi) is 3.97. The van der Waals surface area contributed by atoms with Crippen molar-refractivity contribution in [3.05, 3.63) is 35.5 Å². The van der Waals surface area contributed by atoms with Crippen molar-refractivity contribution in [1.82, 2.24) is 4.98 Å². The van der Waals surface area contributed by atoms with Crippen LogP contribution in [0.4, 0.5) is 5.69 Å². The molecule has 19 heavy (non-hydrogen) atoms. The molecule has 0 aliphatic heterocycles. The first-order valence-electron chi connectivity index (χ1n) is 5.86. The van der Waals surface area contributed by atoms with Crippen molar-refractivity contribution >= 4 is 45.7 Å². The summed E-state index contributed by atoms with van der Waals surface area (Å²) in [5, 5.41) is 4.29. The van der Waals surface area contributed by atoms with Crippen molar-refractivity contribution in [3.8, 4) is 0 Å². The summed E-state index contributed by atoms with van der Waals surface area (Å²) in [5.41, 5.74) is 0.669. The van der Waals surface area contributed by atoms with Crippen LogP contribution in [0.3, 0.4) is 0 Å². The van der Waals surface area contributed by atoms with E-state index in [2.05, 4.69) is 10.3 Å². The normalized spacial score (nSPS) is 11.6. The third-order valence-corrected chi connectivity index (χ3v) is 3.75. The highest BCUT2D eigenvalue weighted by atomic mass is 35.5. The molecule has 2 rings (SSSR count). The van der Waals surface area contributed by atoms with E-state index in [1.165, 1.54) is 0 Å². The number of hydrogen-bond acceptors (Lipinski definition) is 2. The Labute approximate surface area is 121 Å². The highest BCUT2D eigenvalue weighted by molar-refractivity contribution is 6.32. The number of hydrogen-bond donors (Lipinski definition) is 1. The quantitative estimate of drug-likeness (QED) is 0.867. The van der Waals surface area contributed by atoms with Crippen molar-refractivity contribution in [2.75, 3.05) is 11.2 Å². The lowest BCUT2D eigenvalue weighted by Crippen LogP contribution is -2.32. The van der Waals surface area contributed by atoms with Crippen molar-refractivity contribution in [2.45, 2.75) is 13.8 Å². The Hall–Kier alpha value is -1.32. The number of nitrogens with one attached hydrogen (secondary N) is 1. The van der Waals surface area contributed by atoms with Gasteiger partial charge in [0.15, 0.2) is 0 Å². The molecule has 100 valence electrons. The number of halogens is 2. The van der Waals surface area contributed by atoms with Crippen molar-refractivity contribution < 1.29 is 4.79 Å². The van der Waals surface area contributed by atoms with E-state index in [1.807, 2.05) is 18.2 Å². The first-order valence-corrected chi connectivity index (χ1v) is 6.77. The van der Waals surface area contributed by atoms with E-state index in [9.17, 15) is 4.79 Å². The van der Waals surface area contributed by atoms with Gasteiger partial charge in [0.05, 0.1) is 16.6 Å². The number of aromatic nitrogens is 1. The zero-order valence-corrected chi connectivity index (χ0v) is 12.2. The summed E-state index contributed by atoms with van der Waals surface area (Å²) in [4.78, 5) is 16.4. The number of amides is 1. The molecule has 3 nitrogen and oxygen atoms in total. The van der Waals surface area contributed by atoms with Crippen LogP contribution >= 0.6 is 23.2 Å². The number of alkyl halides is 1. The van der Waals surface area contributed by atoms with Crippen LogP contribution in [0.1, 0.15) is 13.8 Å². The van der Waals surface area contributed by atoms with Crippen LogP contribution in [0.15, 0.2) is 30.5 Å². The van der Waals surface area contributed by atoms with Gasteiger partial charge in [-0.3, -0.25) is 9.78 Å². The minimum absolute atomic E-state index is 0.156. The molecule has 0 saturated heterocycles. The Morgan fingerprint density at radius 2 is 2.16 bits per heavy atom. The van der Waals surface area contributed by atoms with Gasteiger partial charge in [-0.25, -0.2) is 0 Å². The van der Waals surface area contributed by atoms with E-state index in [0.717, 1.165) is 5.39 Å². The number of nitrogens with zero attached hydrogens (tertiary/aromatic N) is 1. The summed E-state index contributed by atoms with van der Waals surface area (Å²) in [6, 6.07) is 7.23. The maximum Gasteiger partial charge on any atom is 0.231 e. The van der Waals surface area contributed by atoms with Crippen LogP contribution in [0, 0.1) is 5.41 Å². The molecule has 0 atom stereocenters. The lowest BCUT2D eigenvalue weighted by molar-refractivity contribution is -0.122. The van der Waals surface area contributed by atoms with Crippen LogP contribution < -0.4 is 5.32 Å². The number of carbonyl (C=O) groups excluding carboxylic acids is 1. The van der Waals surface area contributed by atoms with Crippen LogP contribution in [-0.2, 0) is 4.79 Å². The molecule has 0 unspecified atom stereocenters. The maximum absolute atomic E-state index is 12.2. The van der Waals surface area contributed by atoms with E-state index in [-0.39, 0.29) is 11.8 Å². The first-order chi connectivity index (χ1) is 8.94. The first kappa shape index (κ1) is 14.1. The van der Waals surface area contributed by atoms with Gasteiger partial charge in [0, 0.05) is 22.5 Å². The predicted molar refractivity (Wildman–Crippen MR) is 79.9 cm³/mol. The minimum atomic E-state index is -0.648. The predicted octanol–water partition coefficient (Wildman–Crippen LogP) is 4.09. The van der Waals surface area contributed by atoms with Gasteiger partial charge in [-0.05, 0) is 32.0 Å². The van der Waals surface area contributed by atoms with Crippen molar-refractivity contribution in [3.63, 3.8) is 0 Å². The van der Waals surface area contributed by atoms with Crippen LogP contribution in [0.25, 0.3) is 10.9 Å². The summed E-state index contributed by atoms with van der Waals surface area (Å²) in [6.07, 6.45) is 1.68. The average molecular weight is 297 g/mol. The number of fused-ring (bicyclic) bond motifs is 1. The van der Waals surface area contributed by atoms with E-state index in [0.29, 0.717) is 16.2 Å². The Morgan fingerprint density at radius 1 is 1.42 bits per heavy atom. The van der Waals surface area contributed by atoms with Crippen molar-refractivity contribution in [2.24, 2.45) is 5.41 Å². The zero-order chi connectivity index (χ0) is 14.0. The summed E-state index contributed by atoms with van der Waals surface area (Å²) >= 11 is 11.9. The molecule has 0 fully saturated rings. The number of anilines is 1. The fraction of sp³-hybridized carbons (Fsp3) is 0.286. The summed E-state index contributed by atoms with van der Waals surface area (Å²) in [6.45, 7) is 3.57. The monoisotopic (exact) mass is 296 g/mol. The molecule has 0 radical (unpaired) electrons. The summed E-state index contributed by atoms with van der Waals surface area (Å²) < 4.78 is 0. The third-order valence-electron chi connectivity index (χ3n) is 2.87. The molecule has 0 aliphatic rings. The highest BCUT2D eigenvalue weighted by Crippen LogP contribution is 2.28. The van der Waals surface area contributed by atoms with Gasteiger partial charge in [0.2, 0.25) is 5.91 Å². The second kappa shape index (κ2) is 5.35. The van der Waals surface area contributed by atoms with E-state index < -0.39 is 5.41 Å². The van der Waals surface area contributed by atoms with Crippen molar-refractivity contribution in [1.29, 1.82) is 0 Å². The van der Waals surface area contributed by atoms with Gasteiger partial charge >= 0.3 is 0 Å². The van der Waals surface area contributed by atoms with E-state index >= 15 is 0 Å². The molecule has 2 aromatic rings. The molecule has 1 N–H and O–H groups in total. The summed E-state index contributed by atoms with van der Waals surface area (Å²) in [5.74, 6) is 0.0850. The molecule has 1 aromatic carbocycles. The average Bonchev–Trinajstić information content (AvgIpc) is 2.38. The van der Waals surface area contributed by atoms with Gasteiger partial charge in [-0.1, -0.05) is 17.7 Å². The molecule has 1 heterocycles. The fourth-order valence-electron chi connectivity index (χ4n) is 1.60. The Bertz CT molecular complexity index is 626. The standard InChI is InChI=1S/C14H14Cl2N2O/c1-14(2,8-15)13(19)18-11-7-10(16)6-9-4-3-5-17-12(9)11/h3-7H,8H2,1-2H3,(H,18,19). The molecule has 0 bridgehead atoms. The fourth-order valence-corrected chi connectivity index (χ4v) is 1.95. The molecule has 1 amide bonds. The second-order valence-corrected chi connectivity index (χ2v) is 5.70. The molecular formula is C14H14Cl2N2O. The molecule has 5 heteroatoms. The van der Waals surface area contributed by atoms with Gasteiger partial charge in [-0.15, -0.1) is 11.6 Å². The number of pyridine rings is 1.